The molecule has 0 saturated carbocycles. The predicted octanol–water partition coefficient (Wildman–Crippen LogP) is 1.23. The maximum atomic E-state index is 5.40. The van der Waals surface area contributed by atoms with E-state index in [2.05, 4.69) is 10.6 Å². The number of rotatable bonds is 0. The fourth-order valence-electron chi connectivity index (χ4n) is 1.41. The van der Waals surface area contributed by atoms with E-state index < -0.39 is 0 Å². The number of hydrogen-bond acceptors (Lipinski definition) is 4. The van der Waals surface area contributed by atoms with Crippen molar-refractivity contribution in [2.45, 2.75) is 0 Å². The zero-order valence-electron chi connectivity index (χ0n) is 6.77. The first-order valence-corrected chi connectivity index (χ1v) is 4.00. The van der Waals surface area contributed by atoms with E-state index in [-0.39, 0.29) is 0 Å². The van der Waals surface area contributed by atoms with Gasteiger partial charge in [-0.15, -0.1) is 0 Å². The van der Waals surface area contributed by atoms with Gasteiger partial charge in [0.2, 0.25) is 0 Å². The van der Waals surface area contributed by atoms with Crippen LogP contribution in [0.2, 0.25) is 0 Å². The molecule has 0 bridgehead atoms. The van der Waals surface area contributed by atoms with E-state index >= 15 is 0 Å². The molecule has 0 aromatic heterocycles. The lowest BCUT2D eigenvalue weighted by Crippen LogP contribution is -2.30. The summed E-state index contributed by atoms with van der Waals surface area (Å²) in [5.41, 5.74) is 4.77. The largest absolute Gasteiger partial charge is 0.460 e. The van der Waals surface area contributed by atoms with Crippen molar-refractivity contribution < 1.29 is 4.74 Å². The number of hydrogen-bond donors (Lipinski definition) is 1. The summed E-state index contributed by atoms with van der Waals surface area (Å²) in [5, 5.41) is 5.80. The number of nitrogens with one attached hydrogen (secondary N) is 1. The first-order chi connectivity index (χ1) is 6.45. The van der Waals surface area contributed by atoms with Crippen molar-refractivity contribution in [3.8, 4) is 5.75 Å². The van der Waals surface area contributed by atoms with Gasteiger partial charge in [-0.1, -0.05) is 12.1 Å². The lowest BCUT2D eigenvalue weighted by atomic mass is 10.2. The molecule has 64 valence electrons. The third-order valence-corrected chi connectivity index (χ3v) is 2.03. The summed E-state index contributed by atoms with van der Waals surface area (Å²) in [7, 11) is 0. The predicted molar refractivity (Wildman–Crippen MR) is 49.3 cm³/mol. The molecule has 1 N–H and O–H groups in total. The maximum absolute atomic E-state index is 5.40. The van der Waals surface area contributed by atoms with Crippen LogP contribution in [0.4, 0.5) is 5.69 Å². The van der Waals surface area contributed by atoms with Crippen LogP contribution < -0.4 is 15.3 Å². The second-order valence-electron chi connectivity index (χ2n) is 2.82. The molecule has 1 aromatic rings. The average molecular weight is 173 g/mol. The van der Waals surface area contributed by atoms with Crippen LogP contribution in [-0.4, -0.2) is 6.21 Å². The van der Waals surface area contributed by atoms with Crippen LogP contribution in [0.3, 0.4) is 0 Å². The molecule has 1 aromatic carbocycles. The molecule has 4 heteroatoms. The molecule has 4 nitrogen and oxygen atoms in total. The third-order valence-electron chi connectivity index (χ3n) is 2.03. The van der Waals surface area contributed by atoms with E-state index in [1.165, 1.54) is 0 Å². The Kier molecular flexibility index (Phi) is 1.14. The van der Waals surface area contributed by atoms with Crippen LogP contribution in [0.1, 0.15) is 0 Å². The van der Waals surface area contributed by atoms with Crippen LogP contribution in [0, 0.1) is 0 Å². The monoisotopic (exact) mass is 173 g/mol. The fraction of sp³-hybridized carbons (Fsp3) is 0. The molecule has 2 aliphatic heterocycles. The Bertz CT molecular complexity index is 411. The van der Waals surface area contributed by atoms with Gasteiger partial charge in [0, 0.05) is 0 Å². The molecule has 0 spiro atoms. The SMILES string of the molecule is C1=NNN2C1=COc1ccccc12. The van der Waals surface area contributed by atoms with Gasteiger partial charge in [-0.25, -0.2) is 10.5 Å². The molecule has 0 unspecified atom stereocenters. The number of benzene rings is 1. The number of allylic oxidation sites excluding steroid dienone is 1. The summed E-state index contributed by atoms with van der Waals surface area (Å²) in [5.74, 6) is 0.837. The zero-order valence-corrected chi connectivity index (χ0v) is 6.77. The van der Waals surface area contributed by atoms with Crippen molar-refractivity contribution in [2.75, 3.05) is 5.01 Å². The highest BCUT2D eigenvalue weighted by atomic mass is 16.5. The number of hydrazine groups is 1. The van der Waals surface area contributed by atoms with Crippen LogP contribution in [0.25, 0.3) is 0 Å². The van der Waals surface area contributed by atoms with Crippen LogP contribution in [0.5, 0.6) is 5.75 Å². The van der Waals surface area contributed by atoms with Gasteiger partial charge in [-0.2, -0.15) is 5.10 Å². The highest BCUT2D eigenvalue weighted by Crippen LogP contribution is 2.33. The molecule has 0 atom stereocenters. The summed E-state index contributed by atoms with van der Waals surface area (Å²) < 4.78 is 5.40. The number of anilines is 1. The molecule has 0 fully saturated rings. The Morgan fingerprint density at radius 1 is 1.31 bits per heavy atom. The van der Waals surface area contributed by atoms with Gasteiger partial charge in [0.1, 0.15) is 17.6 Å². The Hall–Kier alpha value is -1.97. The minimum Gasteiger partial charge on any atom is -0.460 e. The van der Waals surface area contributed by atoms with Gasteiger partial charge < -0.3 is 4.74 Å². The zero-order chi connectivity index (χ0) is 8.67. The molecule has 0 saturated heterocycles. The second-order valence-corrected chi connectivity index (χ2v) is 2.82. The van der Waals surface area contributed by atoms with Crippen molar-refractivity contribution in [1.29, 1.82) is 0 Å². The summed E-state index contributed by atoms with van der Waals surface area (Å²) in [6.45, 7) is 0. The third kappa shape index (κ3) is 0.823. The smallest absolute Gasteiger partial charge is 0.152 e. The standard InChI is InChI=1S/C9H7N3O/c1-2-4-9-8(3-1)12-7(6-13-9)5-10-11-12/h1-6,11H. The Morgan fingerprint density at radius 2 is 2.23 bits per heavy atom. The van der Waals surface area contributed by atoms with Gasteiger partial charge >= 0.3 is 0 Å². The quantitative estimate of drug-likeness (QED) is 0.641. The lowest BCUT2D eigenvalue weighted by Gasteiger charge is -2.24. The number of fused-ring (bicyclic) bond motifs is 3. The normalized spacial score (nSPS) is 16.9. The van der Waals surface area contributed by atoms with E-state index in [1.54, 1.807) is 12.5 Å². The van der Waals surface area contributed by atoms with Crippen molar-refractivity contribution in [1.82, 2.24) is 5.53 Å². The highest BCUT2D eigenvalue weighted by Gasteiger charge is 2.22. The van der Waals surface area contributed by atoms with Gasteiger partial charge in [0.25, 0.3) is 0 Å². The number of para-hydroxylation sites is 2. The van der Waals surface area contributed by atoms with Crippen molar-refractivity contribution >= 4 is 11.9 Å². The van der Waals surface area contributed by atoms with Crippen molar-refractivity contribution in [3.63, 3.8) is 0 Å². The minimum atomic E-state index is 0.837. The molecular formula is C9H7N3O. The summed E-state index contributed by atoms with van der Waals surface area (Å²) in [4.78, 5) is 0. The van der Waals surface area contributed by atoms with E-state index in [9.17, 15) is 0 Å². The average Bonchev–Trinajstić information content (AvgIpc) is 2.65. The number of ether oxygens (including phenoxy) is 1. The van der Waals surface area contributed by atoms with E-state index in [0.29, 0.717) is 0 Å². The first-order valence-electron chi connectivity index (χ1n) is 4.00. The Balaban J connectivity index is 2.14. The maximum Gasteiger partial charge on any atom is 0.152 e. The molecular weight excluding hydrogens is 166 g/mol. The molecule has 2 aliphatic rings. The Labute approximate surface area is 75.1 Å². The molecule has 0 aliphatic carbocycles. The van der Waals surface area contributed by atoms with Gasteiger partial charge in [0.15, 0.2) is 5.75 Å². The van der Waals surface area contributed by atoms with Gasteiger partial charge in [0.05, 0.1) is 6.21 Å². The molecule has 13 heavy (non-hydrogen) atoms. The molecule has 0 amide bonds. The van der Waals surface area contributed by atoms with Gasteiger partial charge in [-0.05, 0) is 12.1 Å². The summed E-state index contributed by atoms with van der Waals surface area (Å²) >= 11 is 0. The lowest BCUT2D eigenvalue weighted by molar-refractivity contribution is 0.462. The topological polar surface area (TPSA) is 36.9 Å². The van der Waals surface area contributed by atoms with Crippen LogP contribution >= 0.6 is 0 Å². The molecule has 3 rings (SSSR count). The van der Waals surface area contributed by atoms with Crippen molar-refractivity contribution in [2.24, 2.45) is 5.10 Å². The molecule has 0 radical (unpaired) electrons. The fourth-order valence-corrected chi connectivity index (χ4v) is 1.41. The van der Waals surface area contributed by atoms with E-state index in [1.807, 2.05) is 29.3 Å². The summed E-state index contributed by atoms with van der Waals surface area (Å²) in [6, 6.07) is 7.80. The second kappa shape index (κ2) is 2.26. The van der Waals surface area contributed by atoms with Crippen LogP contribution in [-0.2, 0) is 0 Å². The molecule has 2 heterocycles. The number of nitrogens with zero attached hydrogens (tertiary/aromatic N) is 2. The van der Waals surface area contributed by atoms with E-state index in [0.717, 1.165) is 17.1 Å². The minimum absolute atomic E-state index is 0.837. The van der Waals surface area contributed by atoms with Gasteiger partial charge in [-0.3, -0.25) is 0 Å². The highest BCUT2D eigenvalue weighted by molar-refractivity contribution is 5.88. The summed E-state index contributed by atoms with van der Waals surface area (Å²) in [6.07, 6.45) is 3.39. The number of hydrazone groups is 1. The first kappa shape index (κ1) is 6.54. The van der Waals surface area contributed by atoms with E-state index in [4.69, 9.17) is 4.74 Å². The van der Waals surface area contributed by atoms with Crippen molar-refractivity contribution in [3.05, 3.63) is 36.2 Å². The Morgan fingerprint density at radius 3 is 3.23 bits per heavy atom. The van der Waals surface area contributed by atoms with Crippen LogP contribution in [0.15, 0.2) is 41.3 Å².